The zero-order chi connectivity index (χ0) is 22.0. The summed E-state index contributed by atoms with van der Waals surface area (Å²) < 4.78 is 5.08. The summed E-state index contributed by atoms with van der Waals surface area (Å²) in [6.45, 7) is 0. The molecule has 7 aromatic rings. The molecule has 0 spiro atoms. The van der Waals surface area contributed by atoms with Crippen LogP contribution in [0.25, 0.3) is 58.1 Å². The second-order valence-corrected chi connectivity index (χ2v) is 10.3. The summed E-state index contributed by atoms with van der Waals surface area (Å²) in [6.07, 6.45) is 8.45. The van der Waals surface area contributed by atoms with Crippen molar-refractivity contribution in [1.29, 1.82) is 0 Å². The van der Waals surface area contributed by atoms with Crippen molar-refractivity contribution in [3.8, 4) is 0 Å². The molecular formula is C30H17N3S. The Balaban J connectivity index is 1.47. The Labute approximate surface area is 198 Å². The van der Waals surface area contributed by atoms with E-state index >= 15 is 0 Å². The third kappa shape index (κ3) is 1.97. The molecule has 158 valence electrons. The molecule has 2 aliphatic rings. The van der Waals surface area contributed by atoms with Gasteiger partial charge in [-0.1, -0.05) is 66.8 Å². The first-order valence-corrected chi connectivity index (χ1v) is 12.4. The van der Waals surface area contributed by atoms with Crippen LogP contribution in [0.2, 0.25) is 0 Å². The van der Waals surface area contributed by atoms with E-state index in [1.807, 2.05) is 11.3 Å². The average molecular weight is 452 g/mol. The number of benzene rings is 4. The van der Waals surface area contributed by atoms with E-state index in [0.29, 0.717) is 0 Å². The number of anilines is 1. The van der Waals surface area contributed by atoms with Gasteiger partial charge in [-0.15, -0.1) is 11.3 Å². The number of thiophene rings is 1. The Kier molecular flexibility index (Phi) is 2.98. The molecule has 1 N–H and O–H groups in total. The molecule has 3 aromatic heterocycles. The number of hydrogen-bond acceptors (Lipinski definition) is 3. The fourth-order valence-electron chi connectivity index (χ4n) is 6.04. The third-order valence-corrected chi connectivity index (χ3v) is 8.62. The van der Waals surface area contributed by atoms with Gasteiger partial charge in [0, 0.05) is 36.3 Å². The SMILES string of the molecule is C1=CC2=Nc3c(n4c5cc6sc7ccc8ccccc8c7c6cc5c5cccc3c54)NC2C=C1. The van der Waals surface area contributed by atoms with E-state index in [1.54, 1.807) is 0 Å². The van der Waals surface area contributed by atoms with Gasteiger partial charge in [0.25, 0.3) is 0 Å². The summed E-state index contributed by atoms with van der Waals surface area (Å²) >= 11 is 1.89. The number of allylic oxidation sites excluding steroid dienone is 2. The van der Waals surface area contributed by atoms with Gasteiger partial charge in [-0.3, -0.25) is 4.40 Å². The topological polar surface area (TPSA) is 28.8 Å². The van der Waals surface area contributed by atoms with Crippen molar-refractivity contribution >= 4 is 86.7 Å². The van der Waals surface area contributed by atoms with E-state index in [0.717, 1.165) is 17.2 Å². The molecule has 4 heterocycles. The molecule has 1 unspecified atom stereocenters. The summed E-state index contributed by atoms with van der Waals surface area (Å²) in [4.78, 5) is 5.09. The largest absolute Gasteiger partial charge is 0.357 e. The van der Waals surface area contributed by atoms with Crippen LogP contribution in [0.15, 0.2) is 96.0 Å². The number of fused-ring (bicyclic) bond motifs is 12. The molecule has 3 nitrogen and oxygen atoms in total. The molecule has 4 heteroatoms. The number of nitrogens with zero attached hydrogens (tertiary/aromatic N) is 2. The molecule has 0 radical (unpaired) electrons. The highest BCUT2D eigenvalue weighted by atomic mass is 32.1. The van der Waals surface area contributed by atoms with E-state index in [1.165, 1.54) is 58.1 Å². The van der Waals surface area contributed by atoms with Crippen LogP contribution in [0.4, 0.5) is 11.5 Å². The minimum Gasteiger partial charge on any atom is -0.357 e. The fourth-order valence-corrected chi connectivity index (χ4v) is 7.18. The molecular weight excluding hydrogens is 434 g/mol. The maximum atomic E-state index is 5.09. The molecule has 0 saturated heterocycles. The first-order valence-electron chi connectivity index (χ1n) is 11.6. The molecule has 0 amide bonds. The molecule has 1 aliphatic carbocycles. The molecule has 4 aromatic carbocycles. The number of rotatable bonds is 0. The lowest BCUT2D eigenvalue weighted by Crippen LogP contribution is -2.30. The Morgan fingerprint density at radius 1 is 0.794 bits per heavy atom. The number of aliphatic imine (C=N–C) groups is 1. The van der Waals surface area contributed by atoms with E-state index in [9.17, 15) is 0 Å². The standard InChI is InChI=1S/C30H17N3S/c1-2-7-17-16(6-1)12-13-25-27(17)21-14-20-18-8-5-9-19-28-30(32-23-11-4-3-10-22(23)31-28)33(29(18)19)24(20)15-26(21)34-25/h1-15,23,32H. The highest BCUT2D eigenvalue weighted by molar-refractivity contribution is 7.26. The Hall–Kier alpha value is -4.15. The Bertz CT molecular complexity index is 2100. The van der Waals surface area contributed by atoms with Crippen LogP contribution in [0.1, 0.15) is 0 Å². The normalized spacial score (nSPS) is 17.3. The van der Waals surface area contributed by atoms with Crippen molar-refractivity contribution in [2.45, 2.75) is 6.04 Å². The van der Waals surface area contributed by atoms with Gasteiger partial charge in [0.1, 0.15) is 11.5 Å². The van der Waals surface area contributed by atoms with Crippen LogP contribution in [-0.4, -0.2) is 16.2 Å². The van der Waals surface area contributed by atoms with Crippen molar-refractivity contribution in [3.63, 3.8) is 0 Å². The lowest BCUT2D eigenvalue weighted by atomic mass is 10.0. The van der Waals surface area contributed by atoms with Crippen LogP contribution >= 0.6 is 11.3 Å². The maximum Gasteiger partial charge on any atom is 0.138 e. The predicted molar refractivity (Wildman–Crippen MR) is 147 cm³/mol. The minimum absolute atomic E-state index is 0.116. The second kappa shape index (κ2) is 5.85. The van der Waals surface area contributed by atoms with E-state index in [2.05, 4.69) is 101 Å². The lowest BCUT2D eigenvalue weighted by molar-refractivity contribution is 1.09. The van der Waals surface area contributed by atoms with Crippen molar-refractivity contribution in [2.24, 2.45) is 4.99 Å². The van der Waals surface area contributed by atoms with Gasteiger partial charge < -0.3 is 5.32 Å². The van der Waals surface area contributed by atoms with Crippen LogP contribution in [-0.2, 0) is 0 Å². The molecule has 34 heavy (non-hydrogen) atoms. The zero-order valence-electron chi connectivity index (χ0n) is 18.0. The van der Waals surface area contributed by atoms with Crippen LogP contribution < -0.4 is 5.32 Å². The van der Waals surface area contributed by atoms with Gasteiger partial charge in [0.15, 0.2) is 0 Å². The maximum absolute atomic E-state index is 5.09. The summed E-state index contributed by atoms with van der Waals surface area (Å²) in [7, 11) is 0. The summed E-state index contributed by atoms with van der Waals surface area (Å²) in [5.41, 5.74) is 4.64. The number of hydrogen-bond donors (Lipinski definition) is 1. The predicted octanol–water partition coefficient (Wildman–Crippen LogP) is 8.20. The first-order chi connectivity index (χ1) is 16.8. The van der Waals surface area contributed by atoms with Gasteiger partial charge in [-0.05, 0) is 35.0 Å². The smallest absolute Gasteiger partial charge is 0.138 e. The van der Waals surface area contributed by atoms with Gasteiger partial charge in [-0.2, -0.15) is 0 Å². The molecule has 1 aliphatic heterocycles. The number of para-hydroxylation sites is 1. The van der Waals surface area contributed by atoms with Crippen LogP contribution in [0.5, 0.6) is 0 Å². The quantitative estimate of drug-likeness (QED) is 0.247. The second-order valence-electron chi connectivity index (χ2n) is 9.26. The van der Waals surface area contributed by atoms with Gasteiger partial charge in [-0.25, -0.2) is 4.99 Å². The third-order valence-electron chi connectivity index (χ3n) is 7.51. The fraction of sp³-hybridized carbons (Fsp3) is 0.0333. The monoisotopic (exact) mass is 451 g/mol. The summed E-state index contributed by atoms with van der Waals surface area (Å²) in [5.74, 6) is 1.10. The molecule has 1 atom stereocenters. The van der Waals surface area contributed by atoms with Crippen molar-refractivity contribution in [2.75, 3.05) is 5.32 Å². The highest BCUT2D eigenvalue weighted by Gasteiger charge is 2.28. The van der Waals surface area contributed by atoms with Crippen LogP contribution in [0, 0.1) is 0 Å². The zero-order valence-corrected chi connectivity index (χ0v) is 18.9. The molecule has 0 fully saturated rings. The van der Waals surface area contributed by atoms with Gasteiger partial charge in [0.05, 0.1) is 22.8 Å². The molecule has 0 bridgehead atoms. The molecule has 9 rings (SSSR count). The highest BCUT2D eigenvalue weighted by Crippen LogP contribution is 2.48. The summed E-state index contributed by atoms with van der Waals surface area (Å²) in [6, 6.07) is 24.8. The van der Waals surface area contributed by atoms with E-state index < -0.39 is 0 Å². The average Bonchev–Trinajstić information content (AvgIpc) is 3.52. The Morgan fingerprint density at radius 2 is 1.71 bits per heavy atom. The Morgan fingerprint density at radius 3 is 2.71 bits per heavy atom. The van der Waals surface area contributed by atoms with Crippen LogP contribution in [0.3, 0.4) is 0 Å². The van der Waals surface area contributed by atoms with E-state index in [-0.39, 0.29) is 6.04 Å². The number of nitrogens with one attached hydrogen (secondary N) is 1. The first kappa shape index (κ1) is 17.3. The van der Waals surface area contributed by atoms with E-state index in [4.69, 9.17) is 4.99 Å². The molecule has 0 saturated carbocycles. The van der Waals surface area contributed by atoms with Gasteiger partial charge in [0.2, 0.25) is 0 Å². The minimum atomic E-state index is 0.116. The van der Waals surface area contributed by atoms with Crippen molar-refractivity contribution in [3.05, 3.63) is 91.0 Å². The summed E-state index contributed by atoms with van der Waals surface area (Å²) in [5, 5.41) is 12.9. The van der Waals surface area contributed by atoms with Crippen molar-refractivity contribution < 1.29 is 0 Å². The number of aromatic nitrogens is 1. The van der Waals surface area contributed by atoms with Gasteiger partial charge >= 0.3 is 0 Å². The lowest BCUT2D eigenvalue weighted by Gasteiger charge is -2.23. The van der Waals surface area contributed by atoms with Crippen molar-refractivity contribution in [1.82, 2.24) is 4.40 Å².